The molecule has 0 spiro atoms. The molecule has 0 aliphatic heterocycles. The molecule has 2 aromatic carbocycles. The number of anilines is 1. The molecule has 3 rings (SSSR count). The highest BCUT2D eigenvalue weighted by atomic mass is 35.5. The molecule has 0 saturated heterocycles. The molecule has 1 amide bonds. The number of carbonyl (C=O) groups excluding carboxylic acids is 1. The summed E-state index contributed by atoms with van der Waals surface area (Å²) in [5.74, 6) is -0.145. The van der Waals surface area contributed by atoms with Crippen LogP contribution in [-0.2, 0) is 14.8 Å². The third-order valence-corrected chi connectivity index (χ3v) is 6.69. The van der Waals surface area contributed by atoms with Crippen LogP contribution in [0.2, 0.25) is 10.0 Å². The van der Waals surface area contributed by atoms with Crippen LogP contribution in [0.15, 0.2) is 47.4 Å². The van der Waals surface area contributed by atoms with Gasteiger partial charge in [-0.25, -0.2) is 13.1 Å². The van der Waals surface area contributed by atoms with Gasteiger partial charge in [0.25, 0.3) is 5.91 Å². The lowest BCUT2D eigenvalue weighted by atomic mass is 9.96. The van der Waals surface area contributed by atoms with Gasteiger partial charge in [0.05, 0.1) is 9.92 Å². The number of hydrogen-bond donors (Lipinski definition) is 2. The van der Waals surface area contributed by atoms with Crippen LogP contribution in [0.1, 0.15) is 32.1 Å². The molecule has 1 fully saturated rings. The first-order valence-corrected chi connectivity index (χ1v) is 11.6. The average Bonchev–Trinajstić information content (AvgIpc) is 2.69. The van der Waals surface area contributed by atoms with Gasteiger partial charge in [0, 0.05) is 16.8 Å². The first-order chi connectivity index (χ1) is 13.8. The number of carbonyl (C=O) groups is 1. The highest BCUT2D eigenvalue weighted by molar-refractivity contribution is 7.89. The molecule has 0 radical (unpaired) electrons. The summed E-state index contributed by atoms with van der Waals surface area (Å²) in [6, 6.07) is 10.8. The van der Waals surface area contributed by atoms with Gasteiger partial charge >= 0.3 is 0 Å². The third kappa shape index (κ3) is 6.34. The number of rotatable bonds is 7. The Morgan fingerprint density at radius 2 is 1.72 bits per heavy atom. The Labute approximate surface area is 180 Å². The Hall–Kier alpha value is -1.80. The van der Waals surface area contributed by atoms with Crippen molar-refractivity contribution in [2.75, 3.05) is 11.9 Å². The zero-order valence-corrected chi connectivity index (χ0v) is 18.0. The fourth-order valence-electron chi connectivity index (χ4n) is 3.15. The van der Waals surface area contributed by atoms with Crippen molar-refractivity contribution in [2.24, 2.45) is 0 Å². The number of amides is 1. The van der Waals surface area contributed by atoms with Gasteiger partial charge in [-0.1, -0.05) is 42.5 Å². The predicted octanol–water partition coefficient (Wildman–Crippen LogP) is 4.62. The van der Waals surface area contributed by atoms with Crippen LogP contribution < -0.4 is 14.8 Å². The van der Waals surface area contributed by atoms with E-state index in [-0.39, 0.29) is 34.2 Å². The Kier molecular flexibility index (Phi) is 7.40. The lowest BCUT2D eigenvalue weighted by Crippen LogP contribution is -2.36. The van der Waals surface area contributed by atoms with Crippen LogP contribution in [0.3, 0.4) is 0 Å². The molecule has 9 heteroatoms. The van der Waals surface area contributed by atoms with Gasteiger partial charge in [-0.05, 0) is 55.3 Å². The maximum atomic E-state index is 12.6. The van der Waals surface area contributed by atoms with E-state index in [4.69, 9.17) is 27.9 Å². The minimum Gasteiger partial charge on any atom is -0.482 e. The third-order valence-electron chi connectivity index (χ3n) is 4.63. The molecule has 2 aromatic rings. The van der Waals surface area contributed by atoms with Crippen molar-refractivity contribution in [2.45, 2.75) is 43.0 Å². The van der Waals surface area contributed by atoms with E-state index in [1.807, 2.05) is 0 Å². The zero-order chi connectivity index (χ0) is 20.9. The summed E-state index contributed by atoms with van der Waals surface area (Å²) in [6.45, 7) is -0.269. The maximum absolute atomic E-state index is 12.6. The summed E-state index contributed by atoms with van der Waals surface area (Å²) >= 11 is 12.0. The largest absolute Gasteiger partial charge is 0.482 e. The molecule has 0 bridgehead atoms. The number of hydrogen-bond acceptors (Lipinski definition) is 4. The maximum Gasteiger partial charge on any atom is 0.262 e. The Morgan fingerprint density at radius 3 is 2.38 bits per heavy atom. The van der Waals surface area contributed by atoms with Crippen molar-refractivity contribution < 1.29 is 17.9 Å². The molecule has 0 unspecified atom stereocenters. The van der Waals surface area contributed by atoms with E-state index < -0.39 is 10.0 Å². The summed E-state index contributed by atoms with van der Waals surface area (Å²) in [4.78, 5) is 12.1. The van der Waals surface area contributed by atoms with Crippen molar-refractivity contribution >= 4 is 44.8 Å². The number of nitrogens with one attached hydrogen (secondary N) is 2. The second kappa shape index (κ2) is 9.80. The van der Waals surface area contributed by atoms with E-state index in [2.05, 4.69) is 10.0 Å². The van der Waals surface area contributed by atoms with Gasteiger partial charge in [-0.2, -0.15) is 0 Å². The summed E-state index contributed by atoms with van der Waals surface area (Å²) in [5, 5.41) is 3.36. The van der Waals surface area contributed by atoms with Crippen molar-refractivity contribution in [1.29, 1.82) is 0 Å². The number of sulfonamides is 1. The molecular weight excluding hydrogens is 435 g/mol. The number of ether oxygens (including phenoxy) is 1. The fraction of sp³-hybridized carbons (Fsp3) is 0.350. The van der Waals surface area contributed by atoms with E-state index in [1.54, 1.807) is 24.3 Å². The lowest BCUT2D eigenvalue weighted by Gasteiger charge is -2.22. The fourth-order valence-corrected chi connectivity index (χ4v) is 4.90. The molecule has 1 saturated carbocycles. The molecule has 2 N–H and O–H groups in total. The summed E-state index contributed by atoms with van der Waals surface area (Å²) < 4.78 is 33.3. The molecule has 1 aliphatic carbocycles. The second-order valence-corrected chi connectivity index (χ2v) is 9.45. The molecular formula is C20H22Cl2N2O4S. The molecule has 29 heavy (non-hydrogen) atoms. The van der Waals surface area contributed by atoms with Crippen molar-refractivity contribution in [3.05, 3.63) is 52.5 Å². The highest BCUT2D eigenvalue weighted by Gasteiger charge is 2.22. The van der Waals surface area contributed by atoms with Crippen LogP contribution in [0, 0.1) is 0 Å². The Balaban J connectivity index is 1.58. The van der Waals surface area contributed by atoms with Gasteiger partial charge in [-0.15, -0.1) is 0 Å². The first kappa shape index (κ1) is 21.9. The van der Waals surface area contributed by atoms with Crippen LogP contribution in [0.4, 0.5) is 5.69 Å². The highest BCUT2D eigenvalue weighted by Crippen LogP contribution is 2.28. The predicted molar refractivity (Wildman–Crippen MR) is 114 cm³/mol. The summed E-state index contributed by atoms with van der Waals surface area (Å²) in [6.07, 6.45) is 4.88. The van der Waals surface area contributed by atoms with Crippen molar-refractivity contribution in [3.8, 4) is 5.75 Å². The molecule has 6 nitrogen and oxygen atoms in total. The summed E-state index contributed by atoms with van der Waals surface area (Å²) in [7, 11) is -3.65. The number of halogens is 2. The monoisotopic (exact) mass is 456 g/mol. The first-order valence-electron chi connectivity index (χ1n) is 9.33. The van der Waals surface area contributed by atoms with Gasteiger partial charge in [-0.3, -0.25) is 4.79 Å². The van der Waals surface area contributed by atoms with Crippen molar-refractivity contribution in [1.82, 2.24) is 4.72 Å². The molecule has 0 aromatic heterocycles. The Bertz CT molecular complexity index is 959. The quantitative estimate of drug-likeness (QED) is 0.636. The summed E-state index contributed by atoms with van der Waals surface area (Å²) in [5.41, 5.74) is 0.587. The molecule has 0 atom stereocenters. The molecule has 156 valence electrons. The normalized spacial score (nSPS) is 15.1. The van der Waals surface area contributed by atoms with Gasteiger partial charge < -0.3 is 10.1 Å². The van der Waals surface area contributed by atoms with Gasteiger partial charge in [0.15, 0.2) is 6.61 Å². The van der Waals surface area contributed by atoms with E-state index in [0.717, 1.165) is 32.1 Å². The lowest BCUT2D eigenvalue weighted by molar-refractivity contribution is -0.118. The smallest absolute Gasteiger partial charge is 0.262 e. The molecule has 0 heterocycles. The van der Waals surface area contributed by atoms with Crippen LogP contribution in [0.25, 0.3) is 0 Å². The Morgan fingerprint density at radius 1 is 1.03 bits per heavy atom. The zero-order valence-electron chi connectivity index (χ0n) is 15.7. The van der Waals surface area contributed by atoms with E-state index in [1.165, 1.54) is 18.2 Å². The minimum absolute atomic E-state index is 0.0417. The molecule has 1 aliphatic rings. The standard InChI is InChI=1S/C20H22Cl2N2O4S/c21-14-6-8-15(9-7-14)23-20(25)13-28-19-11-10-17(12-18(19)22)29(26,27)24-16-4-2-1-3-5-16/h6-12,16,24H,1-5,13H2,(H,23,25). The van der Waals surface area contributed by atoms with Gasteiger partial charge in [0.2, 0.25) is 10.0 Å². The van der Waals surface area contributed by atoms with Crippen LogP contribution >= 0.6 is 23.2 Å². The topological polar surface area (TPSA) is 84.5 Å². The van der Waals surface area contributed by atoms with Crippen molar-refractivity contribution in [3.63, 3.8) is 0 Å². The number of benzene rings is 2. The van der Waals surface area contributed by atoms with E-state index in [9.17, 15) is 13.2 Å². The van der Waals surface area contributed by atoms with Crippen LogP contribution in [0.5, 0.6) is 5.75 Å². The van der Waals surface area contributed by atoms with Crippen LogP contribution in [-0.4, -0.2) is 27.0 Å². The second-order valence-electron chi connectivity index (χ2n) is 6.89. The minimum atomic E-state index is -3.65. The average molecular weight is 457 g/mol. The SMILES string of the molecule is O=C(COc1ccc(S(=O)(=O)NC2CCCCC2)cc1Cl)Nc1ccc(Cl)cc1. The van der Waals surface area contributed by atoms with Gasteiger partial charge in [0.1, 0.15) is 5.75 Å². The van der Waals surface area contributed by atoms with E-state index in [0.29, 0.717) is 10.7 Å². The van der Waals surface area contributed by atoms with E-state index >= 15 is 0 Å².